The van der Waals surface area contributed by atoms with E-state index < -0.39 is 0 Å². The third kappa shape index (κ3) is 2.14. The van der Waals surface area contributed by atoms with E-state index in [1.165, 1.54) is 5.69 Å². The first kappa shape index (κ1) is 11.2. The molecule has 14 heavy (non-hydrogen) atoms. The number of hydrogen-bond donors (Lipinski definition) is 1. The minimum absolute atomic E-state index is 0.247. The van der Waals surface area contributed by atoms with Crippen molar-refractivity contribution in [1.82, 2.24) is 4.48 Å². The zero-order valence-corrected chi connectivity index (χ0v) is 9.11. The van der Waals surface area contributed by atoms with Gasteiger partial charge in [0, 0.05) is 0 Å². The lowest BCUT2D eigenvalue weighted by atomic mass is 10.2. The van der Waals surface area contributed by atoms with Gasteiger partial charge in [0.15, 0.2) is 0 Å². The molecule has 0 saturated carbocycles. The van der Waals surface area contributed by atoms with Gasteiger partial charge in [0.2, 0.25) is 0 Å². The Morgan fingerprint density at radius 3 is 2.07 bits per heavy atom. The summed E-state index contributed by atoms with van der Waals surface area (Å²) in [5.41, 5.74) is 1.30. The summed E-state index contributed by atoms with van der Waals surface area (Å²) in [5, 5.41) is 9.11. The van der Waals surface area contributed by atoms with Crippen molar-refractivity contribution in [2.45, 2.75) is 13.8 Å². The molecule has 0 aliphatic heterocycles. The first-order valence-corrected chi connectivity index (χ1v) is 5.31. The molecule has 2 heteroatoms. The molecule has 2 nitrogen and oxygen atoms in total. The Hall–Kier alpha value is -0.860. The number of rotatable bonds is 5. The fraction of sp³-hybridized carbons (Fsp3) is 0.500. The van der Waals surface area contributed by atoms with Gasteiger partial charge in [-0.1, -0.05) is 18.2 Å². The number of hydrogen-bond acceptors (Lipinski definition) is 1. The Bertz CT molecular complexity index is 254. The molecule has 0 aliphatic carbocycles. The summed E-state index contributed by atoms with van der Waals surface area (Å²) in [6.07, 6.45) is 0. The first-order valence-electron chi connectivity index (χ1n) is 5.31. The van der Waals surface area contributed by atoms with Crippen LogP contribution in [0.15, 0.2) is 30.3 Å². The van der Waals surface area contributed by atoms with Crippen molar-refractivity contribution in [1.29, 1.82) is 0 Å². The zero-order valence-electron chi connectivity index (χ0n) is 9.11. The van der Waals surface area contributed by atoms with Crippen LogP contribution in [0.1, 0.15) is 13.8 Å². The molecule has 1 aromatic carbocycles. The molecule has 0 aliphatic rings. The maximum Gasteiger partial charge on any atom is 0.132 e. The third-order valence-corrected chi connectivity index (χ3v) is 3.04. The van der Waals surface area contributed by atoms with E-state index in [4.69, 9.17) is 5.11 Å². The Balaban J connectivity index is 2.98. The monoisotopic (exact) mass is 194 g/mol. The Morgan fingerprint density at radius 1 is 1.07 bits per heavy atom. The molecule has 0 bridgehead atoms. The third-order valence-electron chi connectivity index (χ3n) is 3.04. The van der Waals surface area contributed by atoms with Gasteiger partial charge in [0.25, 0.3) is 0 Å². The van der Waals surface area contributed by atoms with E-state index in [1.807, 2.05) is 6.07 Å². The molecule has 78 valence electrons. The van der Waals surface area contributed by atoms with Crippen LogP contribution in [-0.2, 0) is 0 Å². The van der Waals surface area contributed by atoms with E-state index >= 15 is 0 Å². The van der Waals surface area contributed by atoms with E-state index in [0.29, 0.717) is 0 Å². The largest absolute Gasteiger partial charge is 0.390 e. The molecule has 0 saturated heterocycles. The standard InChI is InChI=1S/C12H20NO/c1-3-13(4-2,10-11-14)12-8-6-5-7-9-12/h5-9,14H,3-4,10-11H2,1-2H3/q+1. The summed E-state index contributed by atoms with van der Waals surface area (Å²) in [7, 11) is 0. The maximum atomic E-state index is 9.11. The fourth-order valence-corrected chi connectivity index (χ4v) is 1.97. The molecular formula is C12H20NO+. The van der Waals surface area contributed by atoms with E-state index in [0.717, 1.165) is 24.1 Å². The molecule has 0 spiro atoms. The first-order chi connectivity index (χ1) is 6.79. The van der Waals surface area contributed by atoms with Gasteiger partial charge in [-0.25, -0.2) is 0 Å². The second-order valence-corrected chi connectivity index (χ2v) is 3.56. The lowest BCUT2D eigenvalue weighted by Gasteiger charge is -2.35. The highest BCUT2D eigenvalue weighted by Gasteiger charge is 2.24. The van der Waals surface area contributed by atoms with Gasteiger partial charge in [-0.2, -0.15) is 0 Å². The maximum absolute atomic E-state index is 9.11. The highest BCUT2D eigenvalue weighted by molar-refractivity contribution is 5.42. The molecule has 1 rings (SSSR count). The van der Waals surface area contributed by atoms with Crippen LogP contribution < -0.4 is 4.48 Å². The average molecular weight is 194 g/mol. The number of aliphatic hydroxyl groups excluding tert-OH is 1. The van der Waals surface area contributed by atoms with Crippen LogP contribution in [0.3, 0.4) is 0 Å². The second-order valence-electron chi connectivity index (χ2n) is 3.56. The van der Waals surface area contributed by atoms with Crippen molar-refractivity contribution in [2.75, 3.05) is 26.2 Å². The molecule has 0 fully saturated rings. The number of likely N-dealkylation sites (N-methyl/N-ethyl adjacent to an activating group) is 1. The number of nitrogens with zero attached hydrogens (tertiary/aromatic N) is 1. The molecule has 1 aromatic rings. The molecule has 0 radical (unpaired) electrons. The van der Waals surface area contributed by atoms with Crippen LogP contribution in [0.25, 0.3) is 0 Å². The highest BCUT2D eigenvalue weighted by atomic mass is 16.3. The van der Waals surface area contributed by atoms with Crippen LogP contribution >= 0.6 is 0 Å². The fourth-order valence-electron chi connectivity index (χ4n) is 1.97. The van der Waals surface area contributed by atoms with Gasteiger partial charge >= 0.3 is 0 Å². The van der Waals surface area contributed by atoms with Crippen LogP contribution in [0.4, 0.5) is 5.69 Å². The van der Waals surface area contributed by atoms with E-state index in [2.05, 4.69) is 38.1 Å². The minimum Gasteiger partial charge on any atom is -0.390 e. The second kappa shape index (κ2) is 5.13. The summed E-state index contributed by atoms with van der Waals surface area (Å²) in [5.74, 6) is 0. The smallest absolute Gasteiger partial charge is 0.132 e. The van der Waals surface area contributed by atoms with E-state index in [1.54, 1.807) is 0 Å². The van der Waals surface area contributed by atoms with Gasteiger partial charge in [-0.05, 0) is 26.0 Å². The van der Waals surface area contributed by atoms with Gasteiger partial charge in [-0.15, -0.1) is 0 Å². The number of para-hydroxylation sites is 1. The normalized spacial score (nSPS) is 11.6. The lowest BCUT2D eigenvalue weighted by Crippen LogP contribution is -2.50. The predicted molar refractivity (Wildman–Crippen MR) is 61.3 cm³/mol. The Labute approximate surface area is 86.4 Å². The zero-order chi connectivity index (χ0) is 10.4. The van der Waals surface area contributed by atoms with Gasteiger partial charge in [0.05, 0.1) is 19.7 Å². The highest BCUT2D eigenvalue weighted by Crippen LogP contribution is 2.21. The number of benzene rings is 1. The summed E-state index contributed by atoms with van der Waals surface area (Å²) < 4.78 is 0.872. The Morgan fingerprint density at radius 2 is 1.64 bits per heavy atom. The van der Waals surface area contributed by atoms with Crippen LogP contribution in [-0.4, -0.2) is 31.3 Å². The van der Waals surface area contributed by atoms with Crippen molar-refractivity contribution >= 4 is 5.69 Å². The van der Waals surface area contributed by atoms with Crippen molar-refractivity contribution < 1.29 is 5.11 Å². The van der Waals surface area contributed by atoms with E-state index in [-0.39, 0.29) is 6.61 Å². The molecule has 0 amide bonds. The van der Waals surface area contributed by atoms with Crippen molar-refractivity contribution in [3.8, 4) is 0 Å². The quantitative estimate of drug-likeness (QED) is 0.711. The Kier molecular flexibility index (Phi) is 4.11. The van der Waals surface area contributed by atoms with Crippen LogP contribution in [0.2, 0.25) is 0 Å². The molecule has 0 unspecified atom stereocenters. The number of quaternary nitrogens is 1. The van der Waals surface area contributed by atoms with Crippen LogP contribution in [0, 0.1) is 0 Å². The minimum atomic E-state index is 0.247. The van der Waals surface area contributed by atoms with Crippen LogP contribution in [0.5, 0.6) is 0 Å². The summed E-state index contributed by atoms with van der Waals surface area (Å²) >= 11 is 0. The molecule has 0 aromatic heterocycles. The van der Waals surface area contributed by atoms with Gasteiger partial charge in [-0.3, -0.25) is 4.48 Å². The van der Waals surface area contributed by atoms with Crippen molar-refractivity contribution in [3.63, 3.8) is 0 Å². The molecule has 0 atom stereocenters. The number of aliphatic hydroxyl groups is 1. The van der Waals surface area contributed by atoms with Crippen molar-refractivity contribution in [2.24, 2.45) is 0 Å². The van der Waals surface area contributed by atoms with Gasteiger partial charge in [0.1, 0.15) is 12.2 Å². The molecule has 1 N–H and O–H groups in total. The van der Waals surface area contributed by atoms with Crippen molar-refractivity contribution in [3.05, 3.63) is 30.3 Å². The summed E-state index contributed by atoms with van der Waals surface area (Å²) in [6, 6.07) is 10.4. The van der Waals surface area contributed by atoms with Gasteiger partial charge < -0.3 is 5.11 Å². The predicted octanol–water partition coefficient (Wildman–Crippen LogP) is 2.03. The topological polar surface area (TPSA) is 20.2 Å². The average Bonchev–Trinajstić information content (AvgIpc) is 2.27. The summed E-state index contributed by atoms with van der Waals surface area (Å²) in [4.78, 5) is 0. The summed E-state index contributed by atoms with van der Waals surface area (Å²) in [6.45, 7) is 7.45. The lowest BCUT2D eigenvalue weighted by molar-refractivity contribution is 0.209. The molecule has 0 heterocycles. The molecular weight excluding hydrogens is 174 g/mol. The SMILES string of the molecule is CC[N+](CC)(CCO)c1ccccc1. The van der Waals surface area contributed by atoms with E-state index in [9.17, 15) is 0 Å².